The summed E-state index contributed by atoms with van der Waals surface area (Å²) in [6.45, 7) is 5.48. The second-order valence-corrected chi connectivity index (χ2v) is 5.42. The first-order valence-corrected chi connectivity index (χ1v) is 7.86. The molecule has 0 amide bonds. The maximum absolute atomic E-state index is 12.5. The van der Waals surface area contributed by atoms with Crippen LogP contribution in [0.2, 0.25) is 0 Å². The van der Waals surface area contributed by atoms with E-state index in [1.807, 2.05) is 0 Å². The van der Waals surface area contributed by atoms with E-state index in [4.69, 9.17) is 9.47 Å². The van der Waals surface area contributed by atoms with Gasteiger partial charge in [-0.3, -0.25) is 10.1 Å². The third-order valence-corrected chi connectivity index (χ3v) is 3.70. The van der Waals surface area contributed by atoms with E-state index in [9.17, 15) is 23.3 Å². The highest BCUT2D eigenvalue weighted by Gasteiger charge is 2.33. The average molecular weight is 363 g/mol. The van der Waals surface area contributed by atoms with Crippen molar-refractivity contribution >= 4 is 11.4 Å². The number of nitrogens with zero attached hydrogens (tertiary/aromatic N) is 2. The molecule has 2 fully saturated rings. The largest absolute Gasteiger partial charge is 0.416 e. The van der Waals surface area contributed by atoms with Crippen LogP contribution in [0.15, 0.2) is 18.2 Å². The fourth-order valence-electron chi connectivity index (χ4n) is 2.43. The first-order valence-electron chi connectivity index (χ1n) is 7.86. The van der Waals surface area contributed by atoms with E-state index >= 15 is 0 Å². The van der Waals surface area contributed by atoms with Crippen molar-refractivity contribution in [3.05, 3.63) is 33.9 Å². The Labute approximate surface area is 142 Å². The smallest absolute Gasteiger partial charge is 0.379 e. The van der Waals surface area contributed by atoms with Gasteiger partial charge in [0.1, 0.15) is 5.69 Å². The van der Waals surface area contributed by atoms with Crippen molar-refractivity contribution in [3.8, 4) is 0 Å². The van der Waals surface area contributed by atoms with E-state index in [-0.39, 0.29) is 5.69 Å². The summed E-state index contributed by atoms with van der Waals surface area (Å²) >= 11 is 0. The number of alkyl halides is 3. The Morgan fingerprint density at radius 3 is 2.12 bits per heavy atom. The van der Waals surface area contributed by atoms with E-state index in [2.05, 4.69) is 5.32 Å². The maximum Gasteiger partial charge on any atom is 0.416 e. The summed E-state index contributed by atoms with van der Waals surface area (Å²) in [7, 11) is 0. The summed E-state index contributed by atoms with van der Waals surface area (Å²) in [4.78, 5) is 11.8. The zero-order valence-electron chi connectivity index (χ0n) is 13.6. The van der Waals surface area contributed by atoms with Gasteiger partial charge in [-0.15, -0.1) is 0 Å². The van der Waals surface area contributed by atoms with E-state index < -0.39 is 22.4 Å². The molecule has 2 aliphatic heterocycles. The quantitative estimate of drug-likeness (QED) is 0.640. The fraction of sp³-hybridized carbons (Fsp3) is 0.600. The highest BCUT2D eigenvalue weighted by Crippen LogP contribution is 2.36. The molecule has 0 radical (unpaired) electrons. The summed E-state index contributed by atoms with van der Waals surface area (Å²) in [6, 6.07) is 2.58. The van der Waals surface area contributed by atoms with Crippen LogP contribution in [0, 0.1) is 10.1 Å². The van der Waals surface area contributed by atoms with Crippen molar-refractivity contribution in [2.75, 3.05) is 57.5 Å². The molecule has 3 rings (SSSR count). The molecule has 140 valence electrons. The van der Waals surface area contributed by atoms with Gasteiger partial charge in [-0.05, 0) is 12.1 Å². The number of hydrogen-bond donors (Lipinski definition) is 1. The molecule has 0 saturated carbocycles. The molecule has 0 aliphatic carbocycles. The van der Waals surface area contributed by atoms with Gasteiger partial charge in [0.05, 0.1) is 36.9 Å². The topological polar surface area (TPSA) is 76.9 Å². The minimum absolute atomic E-state index is 0.196. The normalized spacial score (nSPS) is 18.3. The molecule has 10 heteroatoms. The Morgan fingerprint density at radius 1 is 1.08 bits per heavy atom. The molecule has 1 aromatic rings. The van der Waals surface area contributed by atoms with Crippen LogP contribution in [0.5, 0.6) is 0 Å². The van der Waals surface area contributed by atoms with Crippen molar-refractivity contribution < 1.29 is 27.6 Å². The molecule has 0 aromatic heterocycles. The van der Waals surface area contributed by atoms with Gasteiger partial charge in [0, 0.05) is 32.2 Å². The van der Waals surface area contributed by atoms with Gasteiger partial charge in [0.25, 0.3) is 5.69 Å². The van der Waals surface area contributed by atoms with Crippen LogP contribution in [-0.4, -0.2) is 57.5 Å². The van der Waals surface area contributed by atoms with Crippen molar-refractivity contribution in [2.45, 2.75) is 6.18 Å². The number of nitro benzene ring substituents is 1. The summed E-state index contributed by atoms with van der Waals surface area (Å²) in [5.74, 6) is 0. The lowest BCUT2D eigenvalue weighted by molar-refractivity contribution is -0.384. The van der Waals surface area contributed by atoms with Crippen LogP contribution in [0.4, 0.5) is 24.5 Å². The molecule has 1 N–H and O–H groups in total. The van der Waals surface area contributed by atoms with E-state index in [1.165, 1.54) is 0 Å². The number of halogens is 3. The first-order chi connectivity index (χ1) is 11.9. The van der Waals surface area contributed by atoms with Crippen LogP contribution in [0.3, 0.4) is 0 Å². The molecule has 2 heterocycles. The van der Waals surface area contributed by atoms with Gasteiger partial charge in [-0.1, -0.05) is 0 Å². The minimum atomic E-state index is -4.59. The second kappa shape index (κ2) is 8.97. The molecule has 2 saturated heterocycles. The van der Waals surface area contributed by atoms with Crippen LogP contribution in [0.25, 0.3) is 0 Å². The number of ether oxygens (including phenoxy) is 2. The van der Waals surface area contributed by atoms with Crippen LogP contribution >= 0.6 is 0 Å². The molecule has 25 heavy (non-hydrogen) atoms. The number of morpholine rings is 2. The minimum Gasteiger partial charge on any atom is -0.379 e. The predicted molar refractivity (Wildman–Crippen MR) is 84.8 cm³/mol. The Bertz CT molecular complexity index is 562. The monoisotopic (exact) mass is 363 g/mol. The average Bonchev–Trinajstić information content (AvgIpc) is 2.63. The number of nitrogens with one attached hydrogen (secondary N) is 1. The van der Waals surface area contributed by atoms with Gasteiger partial charge < -0.3 is 19.7 Å². The first kappa shape index (κ1) is 19.4. The third kappa shape index (κ3) is 5.83. The lowest BCUT2D eigenvalue weighted by atomic mass is 10.1. The molecular formula is C15H20F3N3O4. The maximum atomic E-state index is 12.5. The molecule has 0 unspecified atom stereocenters. The van der Waals surface area contributed by atoms with Crippen molar-refractivity contribution in [1.29, 1.82) is 0 Å². The highest BCUT2D eigenvalue weighted by atomic mass is 19.4. The Hall–Kier alpha value is -1.91. The van der Waals surface area contributed by atoms with E-state index in [1.54, 1.807) is 4.90 Å². The number of anilines is 1. The van der Waals surface area contributed by atoms with Crippen molar-refractivity contribution in [1.82, 2.24) is 5.32 Å². The van der Waals surface area contributed by atoms with E-state index in [0.29, 0.717) is 32.4 Å². The molecule has 0 spiro atoms. The van der Waals surface area contributed by atoms with Crippen LogP contribution in [0.1, 0.15) is 5.56 Å². The van der Waals surface area contributed by atoms with Gasteiger partial charge in [-0.25, -0.2) is 0 Å². The van der Waals surface area contributed by atoms with Crippen LogP contribution < -0.4 is 10.2 Å². The number of rotatable bonds is 2. The zero-order chi connectivity index (χ0) is 18.3. The second-order valence-electron chi connectivity index (χ2n) is 5.42. The van der Waals surface area contributed by atoms with Gasteiger partial charge in [-0.2, -0.15) is 13.2 Å². The number of benzene rings is 1. The zero-order valence-corrected chi connectivity index (χ0v) is 13.6. The molecule has 1 aromatic carbocycles. The Balaban J connectivity index is 0.000000316. The molecule has 2 aliphatic rings. The summed E-state index contributed by atoms with van der Waals surface area (Å²) in [5.41, 5.74) is -1.35. The molecular weight excluding hydrogens is 343 g/mol. The van der Waals surface area contributed by atoms with Crippen molar-refractivity contribution in [2.24, 2.45) is 0 Å². The predicted octanol–water partition coefficient (Wildman–Crippen LogP) is 2.06. The van der Waals surface area contributed by atoms with Gasteiger partial charge in [0.2, 0.25) is 0 Å². The molecule has 0 bridgehead atoms. The van der Waals surface area contributed by atoms with Crippen molar-refractivity contribution in [3.63, 3.8) is 0 Å². The standard InChI is InChI=1S/C11H11F3N2O3.C4H9NO/c12-11(13,14)8-1-2-9(10(7-8)16(17)18)15-3-5-19-6-4-15;1-3-6-4-2-5-1/h1-2,7H,3-6H2;5H,1-4H2. The van der Waals surface area contributed by atoms with Crippen LogP contribution in [-0.2, 0) is 15.7 Å². The summed E-state index contributed by atoms with van der Waals surface area (Å²) < 4.78 is 47.8. The van der Waals surface area contributed by atoms with Gasteiger partial charge >= 0.3 is 6.18 Å². The summed E-state index contributed by atoms with van der Waals surface area (Å²) in [5, 5.41) is 14.1. The lowest BCUT2D eigenvalue weighted by Crippen LogP contribution is -2.36. The van der Waals surface area contributed by atoms with Gasteiger partial charge in [0.15, 0.2) is 0 Å². The van der Waals surface area contributed by atoms with E-state index in [0.717, 1.165) is 38.4 Å². The molecule has 7 nitrogen and oxygen atoms in total. The third-order valence-electron chi connectivity index (χ3n) is 3.70. The fourth-order valence-corrected chi connectivity index (χ4v) is 2.43. The summed E-state index contributed by atoms with van der Waals surface area (Å²) in [6.07, 6.45) is -4.59. The Kier molecular flexibility index (Phi) is 6.97. The number of hydrogen-bond acceptors (Lipinski definition) is 6. The molecule has 0 atom stereocenters. The lowest BCUT2D eigenvalue weighted by Gasteiger charge is -2.28. The SMILES string of the molecule is C1COCCN1.O=[N+]([O-])c1cc(C(F)(F)F)ccc1N1CCOCC1. The Morgan fingerprint density at radius 2 is 1.68 bits per heavy atom. The highest BCUT2D eigenvalue weighted by molar-refractivity contribution is 5.64. The number of nitro groups is 1.